The number of nitrogens with zero attached hydrogens (tertiary/aromatic N) is 5. The van der Waals surface area contributed by atoms with E-state index >= 15 is 0 Å². The number of nitrogens with two attached hydrogens (primary N) is 1. The van der Waals surface area contributed by atoms with Gasteiger partial charge in [0.25, 0.3) is 11.9 Å². The molecule has 3 rings (SSSR count). The molecule has 15 heteroatoms. The Hall–Kier alpha value is -3.49. The Kier molecular flexibility index (Phi) is 8.09. The molecule has 0 aromatic carbocycles. The van der Waals surface area contributed by atoms with Crippen molar-refractivity contribution in [2.45, 2.75) is 51.4 Å². The first kappa shape index (κ1) is 26.1. The van der Waals surface area contributed by atoms with Gasteiger partial charge in [-0.25, -0.2) is 5.84 Å². The second-order valence-electron chi connectivity index (χ2n) is 8.46. The van der Waals surface area contributed by atoms with Crippen LogP contribution in [0.25, 0.3) is 0 Å². The average Bonchev–Trinajstić information content (AvgIpc) is 3.32. The van der Waals surface area contributed by atoms with E-state index in [-0.39, 0.29) is 29.2 Å². The Balaban J connectivity index is 1.68. The minimum atomic E-state index is -4.54. The summed E-state index contributed by atoms with van der Waals surface area (Å²) in [5.74, 6) is 3.10. The number of nitrogens with one attached hydrogen (secondary N) is 3. The molecule has 35 heavy (non-hydrogen) atoms. The smallest absolute Gasteiger partial charge is 0.342 e. The van der Waals surface area contributed by atoms with Crippen LogP contribution < -0.4 is 21.9 Å². The maximum atomic E-state index is 14.5. The van der Waals surface area contributed by atoms with Crippen molar-refractivity contribution in [3.63, 3.8) is 0 Å². The van der Waals surface area contributed by atoms with E-state index in [1.807, 2.05) is 13.8 Å². The summed E-state index contributed by atoms with van der Waals surface area (Å²) in [5, 5.41) is 12.5. The number of amidine groups is 1. The van der Waals surface area contributed by atoms with Gasteiger partial charge in [0.05, 0.1) is 12.7 Å². The number of hydrazine groups is 1. The van der Waals surface area contributed by atoms with Gasteiger partial charge in [0.15, 0.2) is 0 Å². The van der Waals surface area contributed by atoms with Gasteiger partial charge >= 0.3 is 6.18 Å². The lowest BCUT2D eigenvalue weighted by Crippen LogP contribution is -2.39. The molecule has 1 saturated carbocycles. The molecule has 1 atom stereocenters. The first-order valence-electron chi connectivity index (χ1n) is 10.9. The number of amides is 2. The SMILES string of the molecule is CC(C)n1nccc1C(=O)NCC(=O)Nc1cn(C(CC2CC2)C(=NCC(F)(F)F)NN)nc1F. The summed E-state index contributed by atoms with van der Waals surface area (Å²) < 4.78 is 55.0. The van der Waals surface area contributed by atoms with Gasteiger partial charge in [-0.1, -0.05) is 12.8 Å². The summed E-state index contributed by atoms with van der Waals surface area (Å²) in [5.41, 5.74) is 2.12. The molecule has 1 fully saturated rings. The molecule has 1 unspecified atom stereocenters. The van der Waals surface area contributed by atoms with Gasteiger partial charge in [0.2, 0.25) is 5.91 Å². The maximum absolute atomic E-state index is 14.5. The summed E-state index contributed by atoms with van der Waals surface area (Å²) in [6.07, 6.45) is 0.148. The standard InChI is InChI=1S/C20H27F4N9O2/c1-11(2)33-14(5-6-28-33)19(35)26-8-16(34)29-13-9-32(31-17(13)21)15(7-12-3-4-12)18(30-25)27-10-20(22,23)24/h5-6,9,11-12,15H,3-4,7-8,10,25H2,1-2H3,(H,26,35)(H,27,30)(H,29,34). The number of hydrogen-bond donors (Lipinski definition) is 4. The van der Waals surface area contributed by atoms with Crippen LogP contribution in [0.1, 0.15) is 55.7 Å². The number of carbonyl (C=O) groups excluding carboxylic acids is 2. The molecule has 0 radical (unpaired) electrons. The number of aromatic nitrogens is 4. The third-order valence-electron chi connectivity index (χ3n) is 5.23. The summed E-state index contributed by atoms with van der Waals surface area (Å²) in [6.45, 7) is 1.76. The van der Waals surface area contributed by atoms with Crippen LogP contribution in [0, 0.1) is 11.9 Å². The van der Waals surface area contributed by atoms with Crippen molar-refractivity contribution in [3.8, 4) is 0 Å². The second kappa shape index (κ2) is 10.8. The lowest BCUT2D eigenvalue weighted by atomic mass is 10.1. The zero-order chi connectivity index (χ0) is 25.8. The molecule has 192 valence electrons. The van der Waals surface area contributed by atoms with Crippen molar-refractivity contribution in [2.75, 3.05) is 18.4 Å². The Labute approximate surface area is 198 Å². The van der Waals surface area contributed by atoms with Gasteiger partial charge in [-0.05, 0) is 32.3 Å². The van der Waals surface area contributed by atoms with E-state index in [2.05, 4.69) is 31.2 Å². The van der Waals surface area contributed by atoms with Gasteiger partial charge in [-0.2, -0.15) is 22.7 Å². The Bertz CT molecular complexity index is 1070. The predicted octanol–water partition coefficient (Wildman–Crippen LogP) is 1.93. The van der Waals surface area contributed by atoms with Crippen LogP contribution in [0.4, 0.5) is 23.2 Å². The minimum absolute atomic E-state index is 0.0735. The van der Waals surface area contributed by atoms with E-state index in [4.69, 9.17) is 5.84 Å². The quantitative estimate of drug-likeness (QED) is 0.129. The highest BCUT2D eigenvalue weighted by atomic mass is 19.4. The number of anilines is 1. The van der Waals surface area contributed by atoms with Gasteiger partial charge < -0.3 is 16.1 Å². The van der Waals surface area contributed by atoms with E-state index in [1.54, 1.807) is 0 Å². The summed E-state index contributed by atoms with van der Waals surface area (Å²) in [4.78, 5) is 28.1. The van der Waals surface area contributed by atoms with Gasteiger partial charge in [-0.3, -0.25) is 23.9 Å². The number of halogens is 4. The van der Waals surface area contributed by atoms with Crippen molar-refractivity contribution >= 4 is 23.3 Å². The fraction of sp³-hybridized carbons (Fsp3) is 0.550. The molecule has 0 saturated heterocycles. The maximum Gasteiger partial charge on any atom is 0.408 e. The number of carbonyl (C=O) groups is 2. The molecule has 0 aliphatic heterocycles. The van der Waals surface area contributed by atoms with Crippen LogP contribution in [-0.2, 0) is 4.79 Å². The van der Waals surface area contributed by atoms with Crippen LogP contribution in [0.5, 0.6) is 0 Å². The number of aliphatic imine (C=N–C) groups is 1. The molecule has 5 N–H and O–H groups in total. The second-order valence-corrected chi connectivity index (χ2v) is 8.46. The molecule has 0 spiro atoms. The molecule has 2 heterocycles. The third kappa shape index (κ3) is 7.24. The topological polar surface area (TPSA) is 144 Å². The molecular weight excluding hydrogens is 474 g/mol. The largest absolute Gasteiger partial charge is 0.408 e. The van der Waals surface area contributed by atoms with Crippen molar-refractivity contribution in [1.29, 1.82) is 0 Å². The van der Waals surface area contributed by atoms with Gasteiger partial charge in [0, 0.05) is 12.2 Å². The fourth-order valence-corrected chi connectivity index (χ4v) is 3.40. The van der Waals surface area contributed by atoms with E-state index in [0.717, 1.165) is 23.7 Å². The summed E-state index contributed by atoms with van der Waals surface area (Å²) in [7, 11) is 0. The van der Waals surface area contributed by atoms with Crippen molar-refractivity contribution in [3.05, 3.63) is 30.1 Å². The molecule has 11 nitrogen and oxygen atoms in total. The van der Waals surface area contributed by atoms with Crippen molar-refractivity contribution in [1.82, 2.24) is 30.3 Å². The first-order chi connectivity index (χ1) is 16.5. The summed E-state index contributed by atoms with van der Waals surface area (Å²) >= 11 is 0. The average molecular weight is 501 g/mol. The molecule has 2 amide bonds. The lowest BCUT2D eigenvalue weighted by Gasteiger charge is -2.19. The first-order valence-corrected chi connectivity index (χ1v) is 10.9. The predicted molar refractivity (Wildman–Crippen MR) is 118 cm³/mol. The number of hydrogen-bond acceptors (Lipinski definition) is 6. The molecular formula is C20H27F4N9O2. The zero-order valence-corrected chi connectivity index (χ0v) is 19.1. The monoisotopic (exact) mass is 501 g/mol. The normalized spacial score (nSPS) is 15.3. The van der Waals surface area contributed by atoms with Crippen LogP contribution >= 0.6 is 0 Å². The highest BCUT2D eigenvalue weighted by Crippen LogP contribution is 2.37. The Morgan fingerprint density at radius 2 is 2.03 bits per heavy atom. The van der Waals surface area contributed by atoms with E-state index in [1.165, 1.54) is 16.9 Å². The molecule has 1 aliphatic carbocycles. The third-order valence-corrected chi connectivity index (χ3v) is 5.23. The number of alkyl halides is 3. The van der Waals surface area contributed by atoms with E-state index in [9.17, 15) is 27.2 Å². The molecule has 2 aromatic rings. The van der Waals surface area contributed by atoms with Crippen molar-refractivity contribution < 1.29 is 27.2 Å². The number of rotatable bonds is 10. The van der Waals surface area contributed by atoms with Crippen LogP contribution in [-0.4, -0.2) is 56.5 Å². The Morgan fingerprint density at radius 3 is 2.63 bits per heavy atom. The van der Waals surface area contributed by atoms with Gasteiger partial charge in [-0.15, -0.1) is 5.10 Å². The van der Waals surface area contributed by atoms with Gasteiger partial charge in [0.1, 0.15) is 29.8 Å². The summed E-state index contributed by atoms with van der Waals surface area (Å²) in [6, 6.07) is 0.544. The van der Waals surface area contributed by atoms with Crippen LogP contribution in [0.15, 0.2) is 23.5 Å². The highest BCUT2D eigenvalue weighted by molar-refractivity contribution is 5.98. The highest BCUT2D eigenvalue weighted by Gasteiger charge is 2.32. The molecule has 1 aliphatic rings. The van der Waals surface area contributed by atoms with Crippen molar-refractivity contribution in [2.24, 2.45) is 16.8 Å². The van der Waals surface area contributed by atoms with Crippen LogP contribution in [0.3, 0.4) is 0 Å². The fourth-order valence-electron chi connectivity index (χ4n) is 3.40. The zero-order valence-electron chi connectivity index (χ0n) is 19.1. The van der Waals surface area contributed by atoms with E-state index < -0.39 is 43.1 Å². The van der Waals surface area contributed by atoms with E-state index in [0.29, 0.717) is 6.42 Å². The molecule has 2 aromatic heterocycles. The lowest BCUT2D eigenvalue weighted by molar-refractivity contribution is -0.118. The Morgan fingerprint density at radius 1 is 1.31 bits per heavy atom. The molecule has 0 bridgehead atoms. The minimum Gasteiger partial charge on any atom is -0.342 e. The van der Waals surface area contributed by atoms with Crippen LogP contribution in [0.2, 0.25) is 0 Å².